The molecule has 1 atom stereocenters. The zero-order valence-electron chi connectivity index (χ0n) is 14.8. The monoisotopic (exact) mass is 338 g/mol. The molecule has 1 nitrogen and oxygen atoms in total. The van der Waals surface area contributed by atoms with Crippen LogP contribution in [0.3, 0.4) is 0 Å². The quantitative estimate of drug-likeness (QED) is 0.591. The van der Waals surface area contributed by atoms with Crippen LogP contribution in [0, 0.1) is 5.41 Å². The van der Waals surface area contributed by atoms with E-state index in [4.69, 9.17) is 0 Å². The number of fused-ring (bicyclic) bond motifs is 1. The van der Waals surface area contributed by atoms with Gasteiger partial charge in [0.05, 0.1) is 5.41 Å². The molecule has 3 aromatic carbocycles. The molecule has 26 heavy (non-hydrogen) atoms. The van der Waals surface area contributed by atoms with Crippen LogP contribution in [0.2, 0.25) is 0 Å². The van der Waals surface area contributed by atoms with E-state index in [-0.39, 0.29) is 5.78 Å². The summed E-state index contributed by atoms with van der Waals surface area (Å²) in [4.78, 5) is 13.5. The number of hydrogen-bond donors (Lipinski definition) is 0. The molecule has 3 aromatic rings. The average molecular weight is 338 g/mol. The van der Waals surface area contributed by atoms with Crippen molar-refractivity contribution >= 4 is 11.9 Å². The Hall–Kier alpha value is -2.93. The van der Waals surface area contributed by atoms with Crippen LogP contribution in [0.4, 0.5) is 0 Å². The number of aryl methyl sites for hydroxylation is 1. The number of benzene rings is 3. The number of allylic oxidation sites excluding steroid dienone is 1. The highest BCUT2D eigenvalue weighted by molar-refractivity contribution is 6.04. The number of rotatable bonds is 4. The van der Waals surface area contributed by atoms with Crippen LogP contribution < -0.4 is 0 Å². The van der Waals surface area contributed by atoms with Gasteiger partial charge >= 0.3 is 0 Å². The van der Waals surface area contributed by atoms with Gasteiger partial charge in [-0.2, -0.15) is 0 Å². The van der Waals surface area contributed by atoms with Crippen LogP contribution in [0.15, 0.2) is 91.0 Å². The molecule has 0 aromatic heterocycles. The first-order valence-corrected chi connectivity index (χ1v) is 9.18. The summed E-state index contributed by atoms with van der Waals surface area (Å²) in [6.07, 6.45) is 6.78. The third kappa shape index (κ3) is 3.25. The van der Waals surface area contributed by atoms with Crippen LogP contribution in [-0.4, -0.2) is 5.78 Å². The molecule has 1 unspecified atom stereocenters. The number of Topliss-reactive ketones (excluding diaryl/α,β-unsaturated/α-hetero) is 1. The number of ketones is 1. The molecule has 1 aliphatic carbocycles. The first-order valence-electron chi connectivity index (χ1n) is 9.18. The van der Waals surface area contributed by atoms with Gasteiger partial charge in [-0.1, -0.05) is 97.1 Å². The molecule has 4 rings (SSSR count). The summed E-state index contributed by atoms with van der Waals surface area (Å²) in [5.74, 6) is 0.246. The molecular weight excluding hydrogens is 316 g/mol. The maximum Gasteiger partial charge on any atom is 0.173 e. The highest BCUT2D eigenvalue weighted by atomic mass is 16.1. The minimum atomic E-state index is -0.481. The third-order valence-electron chi connectivity index (χ3n) is 5.31. The highest BCUT2D eigenvalue weighted by Gasteiger charge is 2.40. The van der Waals surface area contributed by atoms with Gasteiger partial charge in [0.25, 0.3) is 0 Å². The second-order valence-corrected chi connectivity index (χ2v) is 7.05. The van der Waals surface area contributed by atoms with Crippen LogP contribution in [0.25, 0.3) is 6.08 Å². The Morgan fingerprint density at radius 1 is 0.808 bits per heavy atom. The van der Waals surface area contributed by atoms with Gasteiger partial charge < -0.3 is 0 Å². The predicted molar refractivity (Wildman–Crippen MR) is 107 cm³/mol. The number of carbonyl (C=O) groups excluding carboxylic acids is 1. The van der Waals surface area contributed by atoms with E-state index in [0.29, 0.717) is 0 Å². The molecule has 0 saturated carbocycles. The van der Waals surface area contributed by atoms with Gasteiger partial charge in [-0.15, -0.1) is 0 Å². The molecule has 1 heteroatoms. The Balaban J connectivity index is 1.75. The van der Waals surface area contributed by atoms with E-state index in [9.17, 15) is 4.79 Å². The number of hydrogen-bond acceptors (Lipinski definition) is 1. The second-order valence-electron chi connectivity index (χ2n) is 7.05. The summed E-state index contributed by atoms with van der Waals surface area (Å²) in [6.45, 7) is 0. The van der Waals surface area contributed by atoms with E-state index in [1.54, 1.807) is 0 Å². The van der Waals surface area contributed by atoms with Crippen molar-refractivity contribution in [2.75, 3.05) is 0 Å². The van der Waals surface area contributed by atoms with Gasteiger partial charge in [0, 0.05) is 5.56 Å². The van der Waals surface area contributed by atoms with E-state index < -0.39 is 5.41 Å². The standard InChI is InChI=1S/C25H22O/c26-24-23-14-8-7-13-22(23)16-18-25(24,19-21-11-5-2-6-12-21)17-15-20-9-3-1-4-10-20/h1-15,17H,16,18-19H2/b17-15+. The van der Waals surface area contributed by atoms with Crippen molar-refractivity contribution in [2.45, 2.75) is 19.3 Å². The fourth-order valence-electron chi connectivity index (χ4n) is 3.87. The van der Waals surface area contributed by atoms with Crippen molar-refractivity contribution in [3.05, 3.63) is 113 Å². The van der Waals surface area contributed by atoms with Gasteiger partial charge in [-0.05, 0) is 36.0 Å². The molecular formula is C25H22O. The Kier molecular flexibility index (Phi) is 4.53. The molecule has 0 heterocycles. The fourth-order valence-corrected chi connectivity index (χ4v) is 3.87. The molecule has 0 saturated heterocycles. The summed E-state index contributed by atoms with van der Waals surface area (Å²) in [5, 5.41) is 0. The van der Waals surface area contributed by atoms with Gasteiger partial charge in [-0.25, -0.2) is 0 Å². The molecule has 128 valence electrons. The molecule has 0 amide bonds. The van der Waals surface area contributed by atoms with Crippen molar-refractivity contribution in [3.63, 3.8) is 0 Å². The van der Waals surface area contributed by atoms with E-state index in [1.165, 1.54) is 11.1 Å². The predicted octanol–water partition coefficient (Wildman–Crippen LogP) is 5.76. The van der Waals surface area contributed by atoms with Crippen molar-refractivity contribution in [2.24, 2.45) is 5.41 Å². The minimum absolute atomic E-state index is 0.246. The lowest BCUT2D eigenvalue weighted by Gasteiger charge is -2.34. The molecule has 0 aliphatic heterocycles. The Morgan fingerprint density at radius 3 is 2.23 bits per heavy atom. The Labute approximate surface area is 155 Å². The summed E-state index contributed by atoms with van der Waals surface area (Å²) >= 11 is 0. The normalized spacial score (nSPS) is 19.5. The lowest BCUT2D eigenvalue weighted by Crippen LogP contribution is -2.36. The maximum absolute atomic E-state index is 13.5. The van der Waals surface area contributed by atoms with E-state index in [1.807, 2.05) is 54.6 Å². The van der Waals surface area contributed by atoms with Crippen molar-refractivity contribution in [1.82, 2.24) is 0 Å². The van der Waals surface area contributed by atoms with Gasteiger partial charge in [0.15, 0.2) is 5.78 Å². The second kappa shape index (κ2) is 7.13. The molecule has 0 radical (unpaired) electrons. The molecule has 0 bridgehead atoms. The first kappa shape index (κ1) is 16.5. The highest BCUT2D eigenvalue weighted by Crippen LogP contribution is 2.40. The molecule has 0 fully saturated rings. The zero-order valence-corrected chi connectivity index (χ0v) is 14.8. The summed E-state index contributed by atoms with van der Waals surface area (Å²) < 4.78 is 0. The lowest BCUT2D eigenvalue weighted by molar-refractivity contribution is 0.0825. The Morgan fingerprint density at radius 2 is 1.46 bits per heavy atom. The molecule has 0 N–H and O–H groups in total. The number of carbonyl (C=O) groups is 1. The minimum Gasteiger partial charge on any atom is -0.293 e. The van der Waals surface area contributed by atoms with E-state index >= 15 is 0 Å². The van der Waals surface area contributed by atoms with E-state index in [0.717, 1.165) is 30.4 Å². The van der Waals surface area contributed by atoms with Gasteiger partial charge in [0.1, 0.15) is 0 Å². The summed E-state index contributed by atoms with van der Waals surface area (Å²) in [6, 6.07) is 28.6. The van der Waals surface area contributed by atoms with Crippen LogP contribution in [-0.2, 0) is 12.8 Å². The summed E-state index contributed by atoms with van der Waals surface area (Å²) in [5.41, 5.74) is 3.91. The fraction of sp³-hybridized carbons (Fsp3) is 0.160. The average Bonchev–Trinajstić information content (AvgIpc) is 2.71. The maximum atomic E-state index is 13.5. The third-order valence-corrected chi connectivity index (χ3v) is 5.31. The topological polar surface area (TPSA) is 17.1 Å². The van der Waals surface area contributed by atoms with Gasteiger partial charge in [-0.3, -0.25) is 4.79 Å². The van der Waals surface area contributed by atoms with Gasteiger partial charge in [0.2, 0.25) is 0 Å². The van der Waals surface area contributed by atoms with E-state index in [2.05, 4.69) is 42.5 Å². The lowest BCUT2D eigenvalue weighted by atomic mass is 9.67. The van der Waals surface area contributed by atoms with Crippen LogP contribution in [0.5, 0.6) is 0 Å². The Bertz CT molecular complexity index is 925. The summed E-state index contributed by atoms with van der Waals surface area (Å²) in [7, 11) is 0. The van der Waals surface area contributed by atoms with Crippen LogP contribution in [0.1, 0.15) is 33.5 Å². The largest absolute Gasteiger partial charge is 0.293 e. The molecule has 1 aliphatic rings. The van der Waals surface area contributed by atoms with Crippen molar-refractivity contribution in [1.29, 1.82) is 0 Å². The molecule has 0 spiro atoms. The smallest absolute Gasteiger partial charge is 0.173 e. The first-order chi connectivity index (χ1) is 12.8. The van der Waals surface area contributed by atoms with Crippen molar-refractivity contribution < 1.29 is 4.79 Å². The van der Waals surface area contributed by atoms with Crippen LogP contribution >= 0.6 is 0 Å². The SMILES string of the molecule is O=C1c2ccccc2CCC1(/C=C/c1ccccc1)Cc1ccccc1. The zero-order chi connectivity index (χ0) is 17.8. The van der Waals surface area contributed by atoms with Crippen molar-refractivity contribution in [3.8, 4) is 0 Å².